The third kappa shape index (κ3) is 4.67. The maximum atomic E-state index is 12.8. The van der Waals surface area contributed by atoms with Gasteiger partial charge in [0.05, 0.1) is 11.7 Å². The average molecular weight is 373 g/mol. The Hall–Kier alpha value is -2.37. The van der Waals surface area contributed by atoms with E-state index >= 15 is 0 Å². The van der Waals surface area contributed by atoms with Gasteiger partial charge in [0.25, 0.3) is 0 Å². The summed E-state index contributed by atoms with van der Waals surface area (Å²) >= 11 is 0. The molecule has 0 heterocycles. The second-order valence-corrected chi connectivity index (χ2v) is 6.67. The van der Waals surface area contributed by atoms with Gasteiger partial charge in [-0.3, -0.25) is 0 Å². The minimum atomic E-state index is -4.41. The average Bonchev–Trinajstić information content (AvgIpc) is 2.66. The van der Waals surface area contributed by atoms with E-state index in [1.54, 1.807) is 0 Å². The molecular formula is C22H22F3NO. The van der Waals surface area contributed by atoms with E-state index in [0.29, 0.717) is 13.0 Å². The first-order chi connectivity index (χ1) is 12.9. The van der Waals surface area contributed by atoms with Gasteiger partial charge in [-0.2, -0.15) is 13.2 Å². The number of aliphatic hydroxyl groups excluding tert-OH is 1. The Morgan fingerprint density at radius 2 is 1.67 bits per heavy atom. The van der Waals surface area contributed by atoms with Crippen molar-refractivity contribution in [1.82, 2.24) is 5.32 Å². The lowest BCUT2D eigenvalue weighted by atomic mass is 9.99. The summed E-state index contributed by atoms with van der Waals surface area (Å²) in [4.78, 5) is 0. The van der Waals surface area contributed by atoms with Gasteiger partial charge >= 0.3 is 6.18 Å². The third-order valence-corrected chi connectivity index (χ3v) is 4.76. The highest BCUT2D eigenvalue weighted by Gasteiger charge is 2.30. The first-order valence-electron chi connectivity index (χ1n) is 8.92. The van der Waals surface area contributed by atoms with Crippen molar-refractivity contribution in [2.24, 2.45) is 0 Å². The molecule has 0 radical (unpaired) electrons. The number of fused-ring (bicyclic) bond motifs is 1. The van der Waals surface area contributed by atoms with E-state index in [1.807, 2.05) is 25.1 Å². The van der Waals surface area contributed by atoms with E-state index in [4.69, 9.17) is 0 Å². The van der Waals surface area contributed by atoms with Crippen LogP contribution in [0.15, 0.2) is 66.7 Å². The fraction of sp³-hybridized carbons (Fsp3) is 0.273. The van der Waals surface area contributed by atoms with Crippen molar-refractivity contribution in [3.63, 3.8) is 0 Å². The fourth-order valence-electron chi connectivity index (χ4n) is 3.26. The van der Waals surface area contributed by atoms with Crippen LogP contribution in [0.25, 0.3) is 10.8 Å². The molecule has 0 aromatic heterocycles. The molecule has 2 atom stereocenters. The molecule has 0 bridgehead atoms. The molecule has 5 heteroatoms. The number of halogens is 3. The number of rotatable bonds is 6. The highest BCUT2D eigenvalue weighted by molar-refractivity contribution is 5.86. The minimum Gasteiger partial charge on any atom is -0.388 e. The van der Waals surface area contributed by atoms with E-state index in [1.165, 1.54) is 17.5 Å². The summed E-state index contributed by atoms with van der Waals surface area (Å²) < 4.78 is 38.4. The lowest BCUT2D eigenvalue weighted by Crippen LogP contribution is -2.21. The van der Waals surface area contributed by atoms with Crippen molar-refractivity contribution < 1.29 is 18.3 Å². The van der Waals surface area contributed by atoms with Gasteiger partial charge in [-0.1, -0.05) is 54.6 Å². The second kappa shape index (κ2) is 8.11. The van der Waals surface area contributed by atoms with Crippen LogP contribution in [0.2, 0.25) is 0 Å². The largest absolute Gasteiger partial charge is 0.416 e. The normalized spacial score (nSPS) is 14.3. The van der Waals surface area contributed by atoms with E-state index in [0.717, 1.165) is 23.1 Å². The van der Waals surface area contributed by atoms with Crippen LogP contribution in [0.4, 0.5) is 13.2 Å². The first-order valence-corrected chi connectivity index (χ1v) is 8.92. The zero-order valence-electron chi connectivity index (χ0n) is 15.0. The molecule has 3 aromatic carbocycles. The minimum absolute atomic E-state index is 0.0600. The Morgan fingerprint density at radius 1 is 0.963 bits per heavy atom. The predicted molar refractivity (Wildman–Crippen MR) is 101 cm³/mol. The van der Waals surface area contributed by atoms with Crippen molar-refractivity contribution in [3.8, 4) is 0 Å². The van der Waals surface area contributed by atoms with Crippen molar-refractivity contribution in [2.75, 3.05) is 6.54 Å². The van der Waals surface area contributed by atoms with Gasteiger partial charge in [-0.15, -0.1) is 0 Å². The van der Waals surface area contributed by atoms with Crippen LogP contribution in [0.3, 0.4) is 0 Å². The molecule has 2 nitrogen and oxygen atoms in total. The fourth-order valence-corrected chi connectivity index (χ4v) is 3.26. The topological polar surface area (TPSA) is 32.3 Å². The van der Waals surface area contributed by atoms with Gasteiger partial charge in [-0.25, -0.2) is 0 Å². The van der Waals surface area contributed by atoms with E-state index in [2.05, 4.69) is 29.6 Å². The SMILES string of the molecule is C[C@@H](NCC[C@H](O)c1cccc(C(F)(F)F)c1)c1cccc2ccccc12. The van der Waals surface area contributed by atoms with E-state index in [9.17, 15) is 18.3 Å². The Morgan fingerprint density at radius 3 is 2.44 bits per heavy atom. The molecule has 0 saturated heterocycles. The number of alkyl halides is 3. The molecule has 0 saturated carbocycles. The monoisotopic (exact) mass is 373 g/mol. The molecule has 0 aliphatic rings. The van der Waals surface area contributed by atoms with Crippen LogP contribution in [0.5, 0.6) is 0 Å². The molecular weight excluding hydrogens is 351 g/mol. The highest BCUT2D eigenvalue weighted by atomic mass is 19.4. The number of aliphatic hydroxyl groups is 1. The summed E-state index contributed by atoms with van der Waals surface area (Å²) in [6, 6.07) is 19.2. The highest BCUT2D eigenvalue weighted by Crippen LogP contribution is 2.31. The van der Waals surface area contributed by atoms with Gasteiger partial charge in [-0.05, 0) is 53.9 Å². The molecule has 0 aliphatic heterocycles. The van der Waals surface area contributed by atoms with Gasteiger partial charge in [0.1, 0.15) is 0 Å². The number of hydrogen-bond acceptors (Lipinski definition) is 2. The molecule has 0 aliphatic carbocycles. The number of hydrogen-bond donors (Lipinski definition) is 2. The maximum Gasteiger partial charge on any atom is 0.416 e. The standard InChI is InChI=1S/C22H22F3NO/c1-15(19-11-5-7-16-6-2-3-10-20(16)19)26-13-12-21(27)17-8-4-9-18(14-17)22(23,24)25/h2-11,14-15,21,26-27H,12-13H2,1H3/t15-,21+/m1/s1. The first kappa shape index (κ1) is 19.4. The third-order valence-electron chi connectivity index (χ3n) is 4.76. The molecule has 27 heavy (non-hydrogen) atoms. The number of benzene rings is 3. The summed E-state index contributed by atoms with van der Waals surface area (Å²) in [6.45, 7) is 2.53. The maximum absolute atomic E-state index is 12.8. The van der Waals surface area contributed by atoms with Crippen LogP contribution >= 0.6 is 0 Å². The molecule has 2 N–H and O–H groups in total. The second-order valence-electron chi connectivity index (χ2n) is 6.67. The lowest BCUT2D eigenvalue weighted by Gasteiger charge is -2.18. The lowest BCUT2D eigenvalue weighted by molar-refractivity contribution is -0.137. The van der Waals surface area contributed by atoms with Crippen LogP contribution < -0.4 is 5.32 Å². The van der Waals surface area contributed by atoms with E-state index in [-0.39, 0.29) is 11.6 Å². The van der Waals surface area contributed by atoms with Gasteiger partial charge in [0.15, 0.2) is 0 Å². The number of nitrogens with one attached hydrogen (secondary N) is 1. The molecule has 0 amide bonds. The van der Waals surface area contributed by atoms with Crippen LogP contribution in [0.1, 0.15) is 42.2 Å². The Balaban J connectivity index is 1.62. The zero-order chi connectivity index (χ0) is 19.4. The quantitative estimate of drug-likeness (QED) is 0.587. The molecule has 0 unspecified atom stereocenters. The summed E-state index contributed by atoms with van der Waals surface area (Å²) in [5.74, 6) is 0. The van der Waals surface area contributed by atoms with Gasteiger partial charge < -0.3 is 10.4 Å². The Labute approximate surface area is 156 Å². The molecule has 142 valence electrons. The van der Waals surface area contributed by atoms with Crippen LogP contribution in [-0.2, 0) is 6.18 Å². The molecule has 0 fully saturated rings. The predicted octanol–water partition coefficient (Wildman–Crippen LogP) is 5.63. The summed E-state index contributed by atoms with van der Waals surface area (Å²) in [6.07, 6.45) is -5.02. The van der Waals surface area contributed by atoms with Gasteiger partial charge in [0, 0.05) is 6.04 Å². The molecule has 0 spiro atoms. The van der Waals surface area contributed by atoms with Crippen molar-refractivity contribution in [1.29, 1.82) is 0 Å². The van der Waals surface area contributed by atoms with E-state index < -0.39 is 17.8 Å². The Kier molecular flexibility index (Phi) is 5.82. The summed E-state index contributed by atoms with van der Waals surface area (Å²) in [5, 5.41) is 15.9. The van der Waals surface area contributed by atoms with Crippen molar-refractivity contribution >= 4 is 10.8 Å². The summed E-state index contributed by atoms with van der Waals surface area (Å²) in [5.41, 5.74) is 0.697. The Bertz CT molecular complexity index is 902. The van der Waals surface area contributed by atoms with Crippen LogP contribution in [0, 0.1) is 0 Å². The molecule has 3 rings (SSSR count). The zero-order valence-corrected chi connectivity index (χ0v) is 15.0. The summed E-state index contributed by atoms with van der Waals surface area (Å²) in [7, 11) is 0. The van der Waals surface area contributed by atoms with Gasteiger partial charge in [0.2, 0.25) is 0 Å². The van der Waals surface area contributed by atoms with Crippen LogP contribution in [-0.4, -0.2) is 11.7 Å². The smallest absolute Gasteiger partial charge is 0.388 e. The molecule has 3 aromatic rings. The van der Waals surface area contributed by atoms with Crippen molar-refractivity contribution in [3.05, 3.63) is 83.4 Å². The van der Waals surface area contributed by atoms with Crippen molar-refractivity contribution in [2.45, 2.75) is 31.7 Å².